The summed E-state index contributed by atoms with van der Waals surface area (Å²) in [5.41, 5.74) is 6.37. The van der Waals surface area contributed by atoms with Crippen LogP contribution in [0, 0.1) is 0 Å². The predicted molar refractivity (Wildman–Crippen MR) is 125 cm³/mol. The molecule has 0 bridgehead atoms. The van der Waals surface area contributed by atoms with Gasteiger partial charge in [0.15, 0.2) is 0 Å². The van der Waals surface area contributed by atoms with Gasteiger partial charge in [-0.25, -0.2) is 0 Å². The Bertz CT molecular complexity index is 1250. The van der Waals surface area contributed by atoms with Gasteiger partial charge in [-0.2, -0.15) is 13.2 Å². The highest BCUT2D eigenvalue weighted by Gasteiger charge is 2.25. The van der Waals surface area contributed by atoms with Crippen molar-refractivity contribution in [3.05, 3.63) is 71.6 Å². The van der Waals surface area contributed by atoms with Crippen LogP contribution in [0.2, 0.25) is 0 Å². The van der Waals surface area contributed by atoms with Gasteiger partial charge in [-0.15, -0.1) is 0 Å². The van der Waals surface area contributed by atoms with Crippen LogP contribution in [0.3, 0.4) is 0 Å². The third kappa shape index (κ3) is 6.89. The Kier molecular flexibility index (Phi) is 7.85. The highest BCUT2D eigenvalue weighted by atomic mass is 19.4. The van der Waals surface area contributed by atoms with Crippen LogP contribution in [0.5, 0.6) is 0 Å². The van der Waals surface area contributed by atoms with E-state index in [1.165, 1.54) is 4.90 Å². The van der Waals surface area contributed by atoms with Crippen LogP contribution >= 0.6 is 0 Å². The van der Waals surface area contributed by atoms with E-state index < -0.39 is 12.5 Å². The SMILES string of the molecule is CN(C)C(=O)/C=C/c1ccc(-c2cc(-c3cc4c([nH]3)CCNC4=O)ccn2)cc1.O=CC(F)(F)F. The monoisotopic (exact) mass is 484 g/mol. The van der Waals surface area contributed by atoms with E-state index in [1.54, 1.807) is 32.4 Å². The van der Waals surface area contributed by atoms with Crippen LogP contribution in [-0.2, 0) is 16.0 Å². The number of alkyl halides is 3. The number of H-pyrrole nitrogens is 1. The third-order valence-electron chi connectivity index (χ3n) is 5.07. The van der Waals surface area contributed by atoms with Crippen molar-refractivity contribution in [2.45, 2.75) is 12.6 Å². The Labute approximate surface area is 199 Å². The summed E-state index contributed by atoms with van der Waals surface area (Å²) in [6.45, 7) is 0.661. The van der Waals surface area contributed by atoms with E-state index in [-0.39, 0.29) is 11.8 Å². The smallest absolute Gasteiger partial charge is 0.358 e. The van der Waals surface area contributed by atoms with Gasteiger partial charge in [0.1, 0.15) is 0 Å². The molecule has 1 aliphatic heterocycles. The number of carbonyl (C=O) groups excluding carboxylic acids is 3. The first kappa shape index (κ1) is 25.4. The first-order valence-electron chi connectivity index (χ1n) is 10.6. The van der Waals surface area contributed by atoms with E-state index in [9.17, 15) is 22.8 Å². The van der Waals surface area contributed by atoms with E-state index in [4.69, 9.17) is 4.79 Å². The number of hydrogen-bond donors (Lipinski definition) is 2. The van der Waals surface area contributed by atoms with E-state index in [1.807, 2.05) is 42.5 Å². The third-order valence-corrected chi connectivity index (χ3v) is 5.07. The fraction of sp³-hybridized carbons (Fsp3) is 0.200. The van der Waals surface area contributed by atoms with Crippen molar-refractivity contribution in [1.29, 1.82) is 0 Å². The van der Waals surface area contributed by atoms with Gasteiger partial charge >= 0.3 is 6.18 Å². The van der Waals surface area contributed by atoms with Crippen molar-refractivity contribution in [3.8, 4) is 22.5 Å². The van der Waals surface area contributed by atoms with Crippen molar-refractivity contribution >= 4 is 24.2 Å². The minimum Gasteiger partial charge on any atom is -0.358 e. The number of nitrogens with one attached hydrogen (secondary N) is 2. The molecule has 0 unspecified atom stereocenters. The molecule has 0 aliphatic carbocycles. The minimum atomic E-state index is -4.64. The van der Waals surface area contributed by atoms with Crippen LogP contribution in [0.15, 0.2) is 54.7 Å². The first-order chi connectivity index (χ1) is 16.6. The number of carbonyl (C=O) groups is 3. The lowest BCUT2D eigenvalue weighted by Gasteiger charge is -2.10. The van der Waals surface area contributed by atoms with Gasteiger partial charge in [0.2, 0.25) is 12.2 Å². The lowest BCUT2D eigenvalue weighted by Crippen LogP contribution is -2.31. The van der Waals surface area contributed by atoms with Gasteiger partial charge in [-0.1, -0.05) is 24.3 Å². The average Bonchev–Trinajstić information content (AvgIpc) is 3.29. The molecule has 35 heavy (non-hydrogen) atoms. The molecular weight excluding hydrogens is 461 g/mol. The summed E-state index contributed by atoms with van der Waals surface area (Å²) in [6.07, 6.45) is 0.229. The topological polar surface area (TPSA) is 95.2 Å². The Balaban J connectivity index is 0.000000509. The second-order valence-corrected chi connectivity index (χ2v) is 7.86. The van der Waals surface area contributed by atoms with Crippen molar-refractivity contribution in [2.24, 2.45) is 0 Å². The van der Waals surface area contributed by atoms with E-state index >= 15 is 0 Å². The lowest BCUT2D eigenvalue weighted by atomic mass is 10.0. The molecule has 7 nitrogen and oxygen atoms in total. The highest BCUT2D eigenvalue weighted by molar-refractivity contribution is 5.97. The van der Waals surface area contributed by atoms with Gasteiger partial charge < -0.3 is 15.2 Å². The molecule has 3 heterocycles. The number of benzene rings is 1. The second-order valence-electron chi connectivity index (χ2n) is 7.86. The molecule has 182 valence electrons. The normalized spacial score (nSPS) is 12.9. The number of nitrogens with zero attached hydrogens (tertiary/aromatic N) is 2. The van der Waals surface area contributed by atoms with Crippen molar-refractivity contribution < 1.29 is 27.6 Å². The first-order valence-corrected chi connectivity index (χ1v) is 10.6. The van der Waals surface area contributed by atoms with E-state index in [0.29, 0.717) is 12.1 Å². The van der Waals surface area contributed by atoms with Crippen molar-refractivity contribution in [3.63, 3.8) is 0 Å². The Morgan fingerprint density at radius 1 is 1.09 bits per heavy atom. The number of pyridine rings is 1. The fourth-order valence-electron chi connectivity index (χ4n) is 3.29. The fourth-order valence-corrected chi connectivity index (χ4v) is 3.29. The molecule has 0 saturated carbocycles. The Morgan fingerprint density at radius 2 is 1.77 bits per heavy atom. The molecule has 3 aromatic rings. The molecule has 2 aromatic heterocycles. The summed E-state index contributed by atoms with van der Waals surface area (Å²) >= 11 is 0. The number of hydrogen-bond acceptors (Lipinski definition) is 4. The molecular formula is C25H23F3N4O3. The maximum absolute atomic E-state index is 12.0. The second kappa shape index (κ2) is 10.8. The summed E-state index contributed by atoms with van der Waals surface area (Å²) in [7, 11) is 3.45. The standard InChI is InChI=1S/C23H22N4O2.C2HF3O/c1-27(2)22(28)8-5-15-3-6-16(7-4-15)20-13-17(9-11-24-20)21-14-18-19(26-21)10-12-25-23(18)29;3-2(4,5)1-6/h3-9,11,13-14,26H,10,12H2,1-2H3,(H,25,29);1H/b8-5+;. The number of aromatic nitrogens is 2. The number of fused-ring (bicyclic) bond motifs is 1. The van der Waals surface area contributed by atoms with Gasteiger partial charge in [0.05, 0.1) is 11.3 Å². The molecule has 0 fully saturated rings. The van der Waals surface area contributed by atoms with Crippen LogP contribution in [-0.4, -0.2) is 59.8 Å². The quantitative estimate of drug-likeness (QED) is 0.434. The Hall–Kier alpha value is -4.21. The summed E-state index contributed by atoms with van der Waals surface area (Å²) in [4.78, 5) is 41.8. The van der Waals surface area contributed by atoms with Crippen molar-refractivity contribution in [2.75, 3.05) is 20.6 Å². The molecule has 10 heteroatoms. The zero-order valence-electron chi connectivity index (χ0n) is 19.0. The maximum atomic E-state index is 12.0. The lowest BCUT2D eigenvalue weighted by molar-refractivity contribution is -0.156. The Morgan fingerprint density at radius 3 is 2.37 bits per heavy atom. The van der Waals surface area contributed by atoms with Gasteiger partial charge in [0.25, 0.3) is 5.91 Å². The molecule has 2 amide bonds. The minimum absolute atomic E-state index is 0.0283. The zero-order chi connectivity index (χ0) is 25.6. The number of likely N-dealkylation sites (N-methyl/N-ethyl adjacent to an activating group) is 1. The van der Waals surface area contributed by atoms with E-state index in [0.717, 1.165) is 40.2 Å². The van der Waals surface area contributed by atoms with Gasteiger partial charge in [0, 0.05) is 61.8 Å². The highest BCUT2D eigenvalue weighted by Crippen LogP contribution is 2.27. The van der Waals surface area contributed by atoms with Gasteiger partial charge in [-0.05, 0) is 29.8 Å². The van der Waals surface area contributed by atoms with Crippen LogP contribution < -0.4 is 5.32 Å². The number of aldehydes is 1. The van der Waals surface area contributed by atoms with Crippen LogP contribution in [0.1, 0.15) is 21.6 Å². The summed E-state index contributed by atoms with van der Waals surface area (Å²) in [5.74, 6) is -0.0785. The predicted octanol–water partition coefficient (Wildman–Crippen LogP) is 3.88. The van der Waals surface area contributed by atoms with Gasteiger partial charge in [-0.3, -0.25) is 19.4 Å². The van der Waals surface area contributed by atoms with Crippen molar-refractivity contribution in [1.82, 2.24) is 20.2 Å². The molecule has 4 rings (SSSR count). The number of amides is 2. The van der Waals surface area contributed by atoms with E-state index in [2.05, 4.69) is 15.3 Å². The molecule has 0 atom stereocenters. The number of halogens is 3. The molecule has 0 radical (unpaired) electrons. The largest absolute Gasteiger partial charge is 0.446 e. The van der Waals surface area contributed by atoms with Crippen LogP contribution in [0.25, 0.3) is 28.6 Å². The average molecular weight is 484 g/mol. The number of aromatic amines is 1. The number of rotatable bonds is 4. The summed E-state index contributed by atoms with van der Waals surface area (Å²) in [5, 5.41) is 2.87. The summed E-state index contributed by atoms with van der Waals surface area (Å²) < 4.78 is 31.2. The summed E-state index contributed by atoms with van der Waals surface area (Å²) in [6, 6.07) is 13.7. The van der Waals surface area contributed by atoms with Crippen LogP contribution in [0.4, 0.5) is 13.2 Å². The molecule has 1 aromatic carbocycles. The molecule has 0 saturated heterocycles. The zero-order valence-corrected chi connectivity index (χ0v) is 19.0. The molecule has 2 N–H and O–H groups in total. The molecule has 1 aliphatic rings. The molecule has 0 spiro atoms. The maximum Gasteiger partial charge on any atom is 0.446 e.